The molecule has 0 bridgehead atoms. The van der Waals surface area contributed by atoms with E-state index in [0.29, 0.717) is 31.0 Å². The van der Waals surface area contributed by atoms with E-state index in [-0.39, 0.29) is 11.5 Å². The number of carbonyl (C=O) groups is 1. The number of nitrogens with one attached hydrogen (secondary N) is 1. The fourth-order valence-corrected chi connectivity index (χ4v) is 2.66. The third-order valence-corrected chi connectivity index (χ3v) is 3.94. The summed E-state index contributed by atoms with van der Waals surface area (Å²) in [5, 5.41) is 2.89. The Bertz CT molecular complexity index is 743. The van der Waals surface area contributed by atoms with Crippen LogP contribution in [0.2, 0.25) is 0 Å². The summed E-state index contributed by atoms with van der Waals surface area (Å²) in [6.07, 6.45) is 3.39. The van der Waals surface area contributed by atoms with Crippen molar-refractivity contribution >= 4 is 21.8 Å². The monoisotopic (exact) mass is 392 g/mol. The number of benzene rings is 1. The van der Waals surface area contributed by atoms with Crippen LogP contribution in [0.5, 0.6) is 5.75 Å². The Morgan fingerprint density at radius 1 is 1.25 bits per heavy atom. The quantitative estimate of drug-likeness (QED) is 0.701. The molecule has 0 atom stereocenters. The topological polar surface area (TPSA) is 60.3 Å². The van der Waals surface area contributed by atoms with Crippen molar-refractivity contribution in [3.05, 3.63) is 63.0 Å². The number of amides is 1. The second-order valence-corrected chi connectivity index (χ2v) is 6.22. The predicted molar refractivity (Wildman–Crippen MR) is 97.6 cm³/mol. The molecule has 5 nitrogen and oxygen atoms in total. The summed E-state index contributed by atoms with van der Waals surface area (Å²) in [5.41, 5.74) is 0.569. The predicted octanol–water partition coefficient (Wildman–Crippen LogP) is 3.22. The molecule has 0 unspecified atom stereocenters. The molecule has 6 heteroatoms. The number of nitrogens with zero attached hydrogens (tertiary/aromatic N) is 1. The van der Waals surface area contributed by atoms with Crippen molar-refractivity contribution in [1.82, 2.24) is 9.88 Å². The second kappa shape index (κ2) is 9.27. The highest BCUT2D eigenvalue weighted by atomic mass is 79.9. The zero-order valence-electron chi connectivity index (χ0n) is 13.6. The van der Waals surface area contributed by atoms with E-state index in [1.165, 1.54) is 6.07 Å². The van der Waals surface area contributed by atoms with E-state index in [4.69, 9.17) is 4.74 Å². The number of ether oxygens (including phenoxy) is 1. The fourth-order valence-electron chi connectivity index (χ4n) is 2.28. The van der Waals surface area contributed by atoms with Gasteiger partial charge >= 0.3 is 0 Å². The van der Waals surface area contributed by atoms with Gasteiger partial charge in [0.05, 0.1) is 6.61 Å². The van der Waals surface area contributed by atoms with E-state index in [0.717, 1.165) is 17.3 Å². The van der Waals surface area contributed by atoms with Gasteiger partial charge in [-0.25, -0.2) is 0 Å². The highest BCUT2D eigenvalue weighted by Gasteiger charge is 2.06. The van der Waals surface area contributed by atoms with Crippen LogP contribution in [-0.4, -0.2) is 23.6 Å². The van der Waals surface area contributed by atoms with Gasteiger partial charge in [-0.15, -0.1) is 0 Å². The molecule has 0 spiro atoms. The summed E-state index contributed by atoms with van der Waals surface area (Å²) in [4.78, 5) is 23.8. The van der Waals surface area contributed by atoms with Gasteiger partial charge in [0.2, 0.25) is 0 Å². The van der Waals surface area contributed by atoms with Crippen molar-refractivity contribution in [1.29, 1.82) is 0 Å². The van der Waals surface area contributed by atoms with Crippen LogP contribution in [0.15, 0.2) is 51.9 Å². The van der Waals surface area contributed by atoms with Crippen LogP contribution in [-0.2, 0) is 6.54 Å². The lowest BCUT2D eigenvalue weighted by atomic mass is 10.2. The zero-order chi connectivity index (χ0) is 17.4. The maximum Gasteiger partial charge on any atom is 0.251 e. The van der Waals surface area contributed by atoms with Crippen LogP contribution in [0, 0.1) is 0 Å². The Morgan fingerprint density at radius 2 is 2.08 bits per heavy atom. The van der Waals surface area contributed by atoms with Crippen molar-refractivity contribution in [2.24, 2.45) is 0 Å². The number of carbonyl (C=O) groups excluding carboxylic acids is 1. The first kappa shape index (κ1) is 18.3. The van der Waals surface area contributed by atoms with E-state index < -0.39 is 0 Å². The standard InChI is InChI=1S/C18H21BrN2O3/c1-2-24-16-7-5-6-14(12-16)18(23)20-10-3-4-11-21-13-15(19)8-9-17(21)22/h5-9,12-13H,2-4,10-11H2,1H3,(H,20,23). The average Bonchev–Trinajstić information content (AvgIpc) is 2.58. The Hall–Kier alpha value is -2.08. The number of rotatable bonds is 8. The van der Waals surface area contributed by atoms with Crippen LogP contribution in [0.4, 0.5) is 0 Å². The molecule has 0 saturated heterocycles. The molecular formula is C18H21BrN2O3. The summed E-state index contributed by atoms with van der Waals surface area (Å²) in [5.74, 6) is 0.579. The molecular weight excluding hydrogens is 372 g/mol. The molecule has 2 rings (SSSR count). The minimum Gasteiger partial charge on any atom is -0.494 e. The van der Waals surface area contributed by atoms with Crippen molar-refractivity contribution < 1.29 is 9.53 Å². The number of aromatic nitrogens is 1. The maximum absolute atomic E-state index is 12.1. The molecule has 1 aromatic heterocycles. The summed E-state index contributed by atoms with van der Waals surface area (Å²) >= 11 is 3.35. The Kier molecular flexibility index (Phi) is 7.06. The van der Waals surface area contributed by atoms with Gasteiger partial charge in [-0.05, 0) is 60.0 Å². The van der Waals surface area contributed by atoms with Gasteiger partial charge in [-0.3, -0.25) is 9.59 Å². The fraction of sp³-hybridized carbons (Fsp3) is 0.333. The molecule has 24 heavy (non-hydrogen) atoms. The van der Waals surface area contributed by atoms with Gasteiger partial charge in [-0.1, -0.05) is 6.07 Å². The minimum absolute atomic E-state index is 0.0185. The number of halogens is 1. The minimum atomic E-state index is -0.115. The molecule has 0 saturated carbocycles. The molecule has 1 aromatic carbocycles. The molecule has 1 N–H and O–H groups in total. The van der Waals surface area contributed by atoms with Gasteiger partial charge in [0.15, 0.2) is 0 Å². The molecule has 0 aliphatic rings. The van der Waals surface area contributed by atoms with Crippen molar-refractivity contribution in [2.45, 2.75) is 26.3 Å². The van der Waals surface area contributed by atoms with E-state index in [2.05, 4.69) is 21.2 Å². The number of hydrogen-bond donors (Lipinski definition) is 1. The Morgan fingerprint density at radius 3 is 2.88 bits per heavy atom. The lowest BCUT2D eigenvalue weighted by Crippen LogP contribution is -2.25. The first-order chi connectivity index (χ1) is 11.6. The van der Waals surface area contributed by atoms with Crippen LogP contribution in [0.3, 0.4) is 0 Å². The molecule has 1 amide bonds. The zero-order valence-corrected chi connectivity index (χ0v) is 15.2. The smallest absolute Gasteiger partial charge is 0.251 e. The highest BCUT2D eigenvalue weighted by molar-refractivity contribution is 9.10. The number of hydrogen-bond acceptors (Lipinski definition) is 3. The number of pyridine rings is 1. The van der Waals surface area contributed by atoms with Crippen LogP contribution in [0.1, 0.15) is 30.1 Å². The van der Waals surface area contributed by atoms with Crippen LogP contribution >= 0.6 is 15.9 Å². The van der Waals surface area contributed by atoms with Crippen LogP contribution < -0.4 is 15.6 Å². The van der Waals surface area contributed by atoms with Gasteiger partial charge in [0.25, 0.3) is 11.5 Å². The molecule has 128 valence electrons. The van der Waals surface area contributed by atoms with E-state index in [1.54, 1.807) is 35.0 Å². The molecule has 2 aromatic rings. The molecule has 1 heterocycles. The average molecular weight is 393 g/mol. The first-order valence-corrected chi connectivity index (χ1v) is 8.76. The summed E-state index contributed by atoms with van der Waals surface area (Å²) in [6, 6.07) is 10.4. The van der Waals surface area contributed by atoms with E-state index >= 15 is 0 Å². The van der Waals surface area contributed by atoms with Crippen molar-refractivity contribution in [3.8, 4) is 5.75 Å². The molecule has 0 aliphatic carbocycles. The van der Waals surface area contributed by atoms with Gasteiger partial charge in [0, 0.05) is 35.4 Å². The lowest BCUT2D eigenvalue weighted by Gasteiger charge is -2.08. The third-order valence-electron chi connectivity index (χ3n) is 3.47. The van der Waals surface area contributed by atoms with Crippen molar-refractivity contribution in [3.63, 3.8) is 0 Å². The van der Waals surface area contributed by atoms with Gasteiger partial charge in [0.1, 0.15) is 5.75 Å². The van der Waals surface area contributed by atoms with Gasteiger partial charge in [-0.2, -0.15) is 0 Å². The largest absolute Gasteiger partial charge is 0.494 e. The van der Waals surface area contributed by atoms with Gasteiger partial charge < -0.3 is 14.6 Å². The SMILES string of the molecule is CCOc1cccc(C(=O)NCCCCn2cc(Br)ccc2=O)c1. The highest BCUT2D eigenvalue weighted by Crippen LogP contribution is 2.13. The lowest BCUT2D eigenvalue weighted by molar-refractivity contribution is 0.0952. The number of aryl methyl sites for hydroxylation is 1. The summed E-state index contributed by atoms with van der Waals surface area (Å²) in [6.45, 7) is 3.68. The van der Waals surface area contributed by atoms with E-state index in [9.17, 15) is 9.59 Å². The summed E-state index contributed by atoms with van der Waals surface area (Å²) < 4.78 is 7.94. The Balaban J connectivity index is 1.76. The number of unbranched alkanes of at least 4 members (excludes halogenated alkanes) is 1. The van der Waals surface area contributed by atoms with Crippen LogP contribution in [0.25, 0.3) is 0 Å². The first-order valence-electron chi connectivity index (χ1n) is 7.97. The Labute approximate surface area is 149 Å². The summed E-state index contributed by atoms with van der Waals surface area (Å²) in [7, 11) is 0. The second-order valence-electron chi connectivity index (χ2n) is 5.30. The van der Waals surface area contributed by atoms with Crippen molar-refractivity contribution in [2.75, 3.05) is 13.2 Å². The van der Waals surface area contributed by atoms with E-state index in [1.807, 2.05) is 13.0 Å². The molecule has 0 fully saturated rings. The molecule has 0 aliphatic heterocycles. The maximum atomic E-state index is 12.1. The third kappa shape index (κ3) is 5.53. The molecule has 0 radical (unpaired) electrons. The normalized spacial score (nSPS) is 10.4.